The second kappa shape index (κ2) is 6.50. The molecule has 1 aromatic heterocycles. The average Bonchev–Trinajstić information content (AvgIpc) is 2.96. The van der Waals surface area contributed by atoms with Gasteiger partial charge >= 0.3 is 0 Å². The summed E-state index contributed by atoms with van der Waals surface area (Å²) < 4.78 is 12.7. The lowest BCUT2D eigenvalue weighted by atomic mass is 10.2. The van der Waals surface area contributed by atoms with E-state index in [-0.39, 0.29) is 11.7 Å². The summed E-state index contributed by atoms with van der Waals surface area (Å²) in [6.45, 7) is 0. The van der Waals surface area contributed by atoms with E-state index in [0.29, 0.717) is 16.4 Å². The predicted molar refractivity (Wildman–Crippen MR) is 88.5 cm³/mol. The van der Waals surface area contributed by atoms with Gasteiger partial charge < -0.3 is 4.98 Å². The van der Waals surface area contributed by atoms with Crippen molar-refractivity contribution in [1.29, 1.82) is 0 Å². The van der Waals surface area contributed by atoms with Crippen LogP contribution in [0.1, 0.15) is 10.5 Å². The van der Waals surface area contributed by atoms with Crippen LogP contribution in [0.4, 0.5) is 10.1 Å². The number of benzene rings is 2. The molecule has 0 fully saturated rings. The summed E-state index contributed by atoms with van der Waals surface area (Å²) in [5, 5.41) is 1.45. The van der Waals surface area contributed by atoms with Crippen molar-refractivity contribution in [1.82, 2.24) is 15.8 Å². The number of carbonyl (C=O) groups excluding carboxylic acids is 1. The number of halogens is 2. The Labute approximate surface area is 136 Å². The number of carbonyl (C=O) groups is 1. The number of hydrogen-bond donors (Lipinski definition) is 3. The Morgan fingerprint density at radius 2 is 1.96 bits per heavy atom. The van der Waals surface area contributed by atoms with Crippen LogP contribution in [0.15, 0.2) is 53.5 Å². The fraction of sp³-hybridized carbons (Fsp3) is 0. The fourth-order valence-electron chi connectivity index (χ4n) is 2.02. The molecule has 0 bridgehead atoms. The highest BCUT2D eigenvalue weighted by Crippen LogP contribution is 2.19. The van der Waals surface area contributed by atoms with Crippen LogP contribution < -0.4 is 10.9 Å². The van der Waals surface area contributed by atoms with Crippen molar-refractivity contribution < 1.29 is 9.18 Å². The van der Waals surface area contributed by atoms with E-state index in [0.717, 1.165) is 10.9 Å². The van der Waals surface area contributed by atoms with Crippen LogP contribution in [0.25, 0.3) is 10.9 Å². The number of rotatable bonds is 4. The van der Waals surface area contributed by atoms with Gasteiger partial charge in [-0.3, -0.25) is 15.6 Å². The number of amides is 1. The van der Waals surface area contributed by atoms with Crippen LogP contribution in [0.5, 0.6) is 0 Å². The predicted octanol–water partition coefficient (Wildman–Crippen LogP) is 3.55. The third kappa shape index (κ3) is 3.67. The lowest BCUT2D eigenvalue weighted by molar-refractivity contribution is 0.0940. The van der Waals surface area contributed by atoms with Gasteiger partial charge in [-0.2, -0.15) is 0 Å². The van der Waals surface area contributed by atoms with Gasteiger partial charge in [0, 0.05) is 15.9 Å². The Kier molecular flexibility index (Phi) is 4.25. The van der Waals surface area contributed by atoms with Gasteiger partial charge in [-0.25, -0.2) is 9.38 Å². The van der Waals surface area contributed by atoms with Crippen molar-refractivity contribution in [3.8, 4) is 0 Å². The number of nitrogens with one attached hydrogen (secondary N) is 3. The van der Waals surface area contributed by atoms with Gasteiger partial charge in [0.25, 0.3) is 5.91 Å². The Bertz CT molecular complexity index is 873. The zero-order valence-electron chi connectivity index (χ0n) is 11.8. The van der Waals surface area contributed by atoms with Crippen LogP contribution in [-0.4, -0.2) is 17.2 Å². The van der Waals surface area contributed by atoms with Crippen LogP contribution in [-0.2, 0) is 0 Å². The molecule has 0 saturated carbocycles. The molecule has 0 aliphatic rings. The Balaban J connectivity index is 1.61. The first kappa shape index (κ1) is 15.1. The number of nitrogens with zero attached hydrogens (tertiary/aromatic N) is 1. The highest BCUT2D eigenvalue weighted by molar-refractivity contribution is 6.31. The number of H-pyrrole nitrogens is 1. The average molecular weight is 331 g/mol. The third-order valence-electron chi connectivity index (χ3n) is 3.12. The Hall–Kier alpha value is -2.86. The van der Waals surface area contributed by atoms with Crippen molar-refractivity contribution >= 4 is 40.4 Å². The summed E-state index contributed by atoms with van der Waals surface area (Å²) in [6.07, 6.45) is 1.31. The molecule has 0 aliphatic heterocycles. The summed E-state index contributed by atoms with van der Waals surface area (Å²) in [5.74, 6) is -0.674. The minimum Gasteiger partial charge on any atom is -0.350 e. The second-order valence-corrected chi connectivity index (χ2v) is 5.18. The number of hydrazine groups is 1. The van der Waals surface area contributed by atoms with Crippen LogP contribution >= 0.6 is 11.6 Å². The van der Waals surface area contributed by atoms with Gasteiger partial charge in [0.2, 0.25) is 0 Å². The van der Waals surface area contributed by atoms with Crippen molar-refractivity contribution in [3.63, 3.8) is 0 Å². The number of aromatic amines is 1. The van der Waals surface area contributed by atoms with E-state index in [1.807, 2.05) is 0 Å². The summed E-state index contributed by atoms with van der Waals surface area (Å²) in [4.78, 5) is 19.0. The fourth-order valence-corrected chi connectivity index (χ4v) is 2.21. The third-order valence-corrected chi connectivity index (χ3v) is 3.35. The van der Waals surface area contributed by atoms with Crippen molar-refractivity contribution in [2.24, 2.45) is 4.99 Å². The van der Waals surface area contributed by atoms with Crippen LogP contribution in [0.2, 0.25) is 5.02 Å². The van der Waals surface area contributed by atoms with Gasteiger partial charge in [-0.05, 0) is 48.5 Å². The van der Waals surface area contributed by atoms with Crippen molar-refractivity contribution in [2.75, 3.05) is 0 Å². The Morgan fingerprint density at radius 1 is 1.17 bits per heavy atom. The Morgan fingerprint density at radius 3 is 2.74 bits per heavy atom. The molecule has 3 N–H and O–H groups in total. The molecule has 1 heterocycles. The highest BCUT2D eigenvalue weighted by atomic mass is 35.5. The molecule has 5 nitrogen and oxygen atoms in total. The molecule has 23 heavy (non-hydrogen) atoms. The molecule has 0 saturated heterocycles. The molecular formula is C16H12ClFN4O. The smallest absolute Gasteiger partial charge is 0.286 e. The highest BCUT2D eigenvalue weighted by Gasteiger charge is 2.08. The molecule has 116 valence electrons. The molecule has 3 aromatic rings. The van der Waals surface area contributed by atoms with Crippen LogP contribution in [0.3, 0.4) is 0 Å². The minimum absolute atomic E-state index is 0.330. The molecule has 0 radical (unpaired) electrons. The van der Waals surface area contributed by atoms with Gasteiger partial charge in [0.1, 0.15) is 17.8 Å². The van der Waals surface area contributed by atoms with E-state index in [1.165, 1.54) is 30.6 Å². The summed E-state index contributed by atoms with van der Waals surface area (Å²) >= 11 is 5.91. The largest absolute Gasteiger partial charge is 0.350 e. The summed E-state index contributed by atoms with van der Waals surface area (Å²) in [6, 6.07) is 12.7. The minimum atomic E-state index is -0.345. The van der Waals surface area contributed by atoms with E-state index in [9.17, 15) is 9.18 Å². The van der Waals surface area contributed by atoms with E-state index >= 15 is 0 Å². The van der Waals surface area contributed by atoms with Gasteiger partial charge in [0.05, 0.1) is 5.69 Å². The monoisotopic (exact) mass is 330 g/mol. The van der Waals surface area contributed by atoms with Crippen molar-refractivity contribution in [3.05, 3.63) is 65.1 Å². The molecule has 7 heteroatoms. The molecule has 0 aliphatic carbocycles. The van der Waals surface area contributed by atoms with Gasteiger partial charge in [0.15, 0.2) is 0 Å². The lowest BCUT2D eigenvalue weighted by Crippen LogP contribution is -2.36. The van der Waals surface area contributed by atoms with Gasteiger partial charge in [-0.1, -0.05) is 11.6 Å². The maximum Gasteiger partial charge on any atom is 0.286 e. The number of hydrogen-bond acceptors (Lipinski definition) is 2. The first-order valence-electron chi connectivity index (χ1n) is 6.74. The number of aliphatic imine (C=N–C) groups is 1. The lowest BCUT2D eigenvalue weighted by Gasteiger charge is -2.01. The van der Waals surface area contributed by atoms with Crippen molar-refractivity contribution in [2.45, 2.75) is 0 Å². The standard InChI is InChI=1S/C16H12ClFN4O/c17-11-1-6-14-10(7-11)8-15(21-14)16(23)22-20-9-19-13-4-2-12(18)3-5-13/h1-9,21H,(H,19,20)(H,22,23). The first-order valence-corrected chi connectivity index (χ1v) is 7.12. The van der Waals surface area contributed by atoms with E-state index in [1.54, 1.807) is 24.3 Å². The van der Waals surface area contributed by atoms with E-state index in [2.05, 4.69) is 20.8 Å². The first-order chi connectivity index (χ1) is 11.1. The maximum absolute atomic E-state index is 12.7. The molecule has 0 spiro atoms. The topological polar surface area (TPSA) is 69.3 Å². The van der Waals surface area contributed by atoms with E-state index < -0.39 is 0 Å². The zero-order valence-corrected chi connectivity index (χ0v) is 12.6. The normalized spacial score (nSPS) is 11.0. The summed E-state index contributed by atoms with van der Waals surface area (Å²) in [5.41, 5.74) is 6.83. The number of aromatic nitrogens is 1. The molecule has 1 amide bonds. The molecule has 3 rings (SSSR count). The molecule has 0 unspecified atom stereocenters. The quantitative estimate of drug-likeness (QED) is 0.389. The van der Waals surface area contributed by atoms with Gasteiger partial charge in [-0.15, -0.1) is 0 Å². The van der Waals surface area contributed by atoms with E-state index in [4.69, 9.17) is 11.6 Å². The summed E-state index contributed by atoms with van der Waals surface area (Å²) in [7, 11) is 0. The second-order valence-electron chi connectivity index (χ2n) is 4.75. The van der Waals surface area contributed by atoms with Crippen LogP contribution in [0, 0.1) is 5.82 Å². The molecule has 0 atom stereocenters. The molecule has 2 aromatic carbocycles. The zero-order chi connectivity index (χ0) is 16.2. The molecular weight excluding hydrogens is 319 g/mol. The SMILES string of the molecule is O=C(NNC=Nc1ccc(F)cc1)c1cc2cc(Cl)ccc2[nH]1. The maximum atomic E-state index is 12.7. The number of fused-ring (bicyclic) bond motifs is 1.